The minimum absolute atomic E-state index is 0.394. The number of anilines is 4. The van der Waals surface area contributed by atoms with E-state index in [9.17, 15) is 0 Å². The highest BCUT2D eigenvalue weighted by atomic mass is 32.1. The Hall–Kier alpha value is -4.22. The highest BCUT2D eigenvalue weighted by molar-refractivity contribution is 7.80. The molecule has 2 heterocycles. The third-order valence-corrected chi connectivity index (χ3v) is 4.68. The highest BCUT2D eigenvalue weighted by Gasteiger charge is 2.09. The lowest BCUT2D eigenvalue weighted by molar-refractivity contribution is 0.592. The van der Waals surface area contributed by atoms with Crippen LogP contribution in [-0.2, 0) is 0 Å². The predicted octanol–water partition coefficient (Wildman–Crippen LogP) is 5.47. The molecule has 0 unspecified atom stereocenters. The summed E-state index contributed by atoms with van der Waals surface area (Å²) in [4.78, 5) is 8.32. The van der Waals surface area contributed by atoms with Crippen molar-refractivity contribution in [3.8, 4) is 17.4 Å². The van der Waals surface area contributed by atoms with Gasteiger partial charge < -0.3 is 20.4 Å². The molecule has 0 atom stereocenters. The smallest absolute Gasteiger partial charge is 0.299 e. The molecule has 0 saturated heterocycles. The first-order valence-corrected chi connectivity index (χ1v) is 9.83. The minimum atomic E-state index is 0.394. The first-order valence-electron chi connectivity index (χ1n) is 9.43. The van der Waals surface area contributed by atoms with Crippen molar-refractivity contribution in [1.82, 2.24) is 9.97 Å². The maximum absolute atomic E-state index is 8.89. The van der Waals surface area contributed by atoms with Crippen molar-refractivity contribution < 1.29 is 4.42 Å². The molecule has 0 bridgehead atoms. The van der Waals surface area contributed by atoms with Crippen molar-refractivity contribution in [2.45, 2.75) is 6.92 Å². The van der Waals surface area contributed by atoms with Crippen LogP contribution in [0, 0.1) is 18.3 Å². The Kier molecular flexibility index (Phi) is 5.87. The molecule has 152 valence electrons. The number of nitriles is 1. The van der Waals surface area contributed by atoms with Crippen molar-refractivity contribution in [2.24, 2.45) is 0 Å². The van der Waals surface area contributed by atoms with Gasteiger partial charge in [-0.3, -0.25) is 4.98 Å². The van der Waals surface area contributed by atoms with E-state index in [1.165, 1.54) is 0 Å². The molecule has 2 aromatic heterocycles. The number of hydrogen-bond donors (Lipinski definition) is 3. The zero-order chi connectivity index (χ0) is 21.6. The summed E-state index contributed by atoms with van der Waals surface area (Å²) >= 11 is 5.40. The molecule has 4 rings (SSSR count). The van der Waals surface area contributed by atoms with E-state index in [2.05, 4.69) is 32.0 Å². The first-order chi connectivity index (χ1) is 15.1. The van der Waals surface area contributed by atoms with Gasteiger partial charge in [-0.25, -0.2) is 4.98 Å². The van der Waals surface area contributed by atoms with Gasteiger partial charge in [-0.1, -0.05) is 6.07 Å². The summed E-state index contributed by atoms with van der Waals surface area (Å²) in [6, 6.07) is 19.1. The average Bonchev–Trinajstić information content (AvgIpc) is 3.26. The molecule has 31 heavy (non-hydrogen) atoms. The van der Waals surface area contributed by atoms with Gasteiger partial charge in [0, 0.05) is 35.0 Å². The highest BCUT2D eigenvalue weighted by Crippen LogP contribution is 2.27. The van der Waals surface area contributed by atoms with E-state index >= 15 is 0 Å². The normalized spacial score (nSPS) is 10.2. The molecule has 2 aromatic carbocycles. The monoisotopic (exact) mass is 426 g/mol. The molecular formula is C23H18N6OS. The Balaban J connectivity index is 1.44. The third-order valence-electron chi connectivity index (χ3n) is 4.48. The van der Waals surface area contributed by atoms with Crippen molar-refractivity contribution in [3.63, 3.8) is 0 Å². The van der Waals surface area contributed by atoms with E-state index in [0.29, 0.717) is 22.5 Å². The Bertz CT molecular complexity index is 1250. The third kappa shape index (κ3) is 5.04. The van der Waals surface area contributed by atoms with Crippen molar-refractivity contribution >= 4 is 40.4 Å². The molecule has 0 amide bonds. The lowest BCUT2D eigenvalue weighted by atomic mass is 10.2. The fourth-order valence-corrected chi connectivity index (χ4v) is 3.09. The molecule has 0 aliphatic heterocycles. The molecule has 8 heteroatoms. The molecule has 0 fully saturated rings. The van der Waals surface area contributed by atoms with Crippen LogP contribution in [-0.4, -0.2) is 15.1 Å². The number of nitrogens with one attached hydrogen (secondary N) is 3. The van der Waals surface area contributed by atoms with Gasteiger partial charge in [0.1, 0.15) is 0 Å². The van der Waals surface area contributed by atoms with Gasteiger partial charge in [-0.15, -0.1) is 0 Å². The summed E-state index contributed by atoms with van der Waals surface area (Å²) in [5.41, 5.74) is 4.97. The Morgan fingerprint density at radius 1 is 1.00 bits per heavy atom. The van der Waals surface area contributed by atoms with Crippen LogP contribution in [0.3, 0.4) is 0 Å². The lowest BCUT2D eigenvalue weighted by Gasteiger charge is -2.13. The van der Waals surface area contributed by atoms with Gasteiger partial charge in [-0.05, 0) is 73.2 Å². The second-order valence-corrected chi connectivity index (χ2v) is 7.10. The van der Waals surface area contributed by atoms with Crippen molar-refractivity contribution in [3.05, 3.63) is 84.3 Å². The van der Waals surface area contributed by atoms with Crippen molar-refractivity contribution in [2.75, 3.05) is 16.0 Å². The van der Waals surface area contributed by atoms with E-state index in [0.717, 1.165) is 28.2 Å². The molecule has 0 spiro atoms. The Morgan fingerprint density at radius 2 is 1.71 bits per heavy atom. The number of aromatic nitrogens is 2. The van der Waals surface area contributed by atoms with Gasteiger partial charge in [0.25, 0.3) is 6.01 Å². The number of aryl methyl sites for hydroxylation is 1. The molecule has 0 radical (unpaired) electrons. The number of thiocarbonyl (C=S) groups is 1. The number of benzene rings is 2. The SMILES string of the molecule is Cc1ccc(NC(=S)Nc2ccc(C#N)cc2)cc1Nc1ncc(-c2ccncc2)o1. The summed E-state index contributed by atoms with van der Waals surface area (Å²) in [7, 11) is 0. The summed E-state index contributed by atoms with van der Waals surface area (Å²) in [6.07, 6.45) is 5.09. The van der Waals surface area contributed by atoms with E-state index in [1.807, 2.05) is 37.3 Å². The van der Waals surface area contributed by atoms with E-state index in [-0.39, 0.29) is 0 Å². The lowest BCUT2D eigenvalue weighted by Crippen LogP contribution is -2.19. The molecular weight excluding hydrogens is 408 g/mol. The second-order valence-electron chi connectivity index (χ2n) is 6.69. The van der Waals surface area contributed by atoms with Crippen LogP contribution in [0.1, 0.15) is 11.1 Å². The van der Waals surface area contributed by atoms with Crippen LogP contribution in [0.5, 0.6) is 0 Å². The topological polar surface area (TPSA) is 98.8 Å². The number of hydrogen-bond acceptors (Lipinski definition) is 6. The summed E-state index contributed by atoms with van der Waals surface area (Å²) in [5.74, 6) is 0.657. The first kappa shape index (κ1) is 20.1. The average molecular weight is 427 g/mol. The predicted molar refractivity (Wildman–Crippen MR) is 125 cm³/mol. The van der Waals surface area contributed by atoms with E-state index in [4.69, 9.17) is 21.9 Å². The van der Waals surface area contributed by atoms with Crippen molar-refractivity contribution in [1.29, 1.82) is 5.26 Å². The van der Waals surface area contributed by atoms with Crippen LogP contribution in [0.25, 0.3) is 11.3 Å². The second kappa shape index (κ2) is 9.07. The standard InChI is InChI=1S/C23H18N6OS/c1-15-2-5-19(28-23(31)27-18-6-3-16(13-24)4-7-18)12-20(15)29-22-26-14-21(30-22)17-8-10-25-11-9-17/h2-12,14H,1H3,(H,26,29)(H2,27,28,31). The number of nitrogens with zero attached hydrogens (tertiary/aromatic N) is 3. The summed E-state index contributed by atoms with van der Waals surface area (Å²) < 4.78 is 5.82. The van der Waals surface area contributed by atoms with Crippen LogP contribution in [0.15, 0.2) is 77.6 Å². The fourth-order valence-electron chi connectivity index (χ4n) is 2.85. The molecule has 0 aliphatic rings. The Morgan fingerprint density at radius 3 is 2.45 bits per heavy atom. The van der Waals surface area contributed by atoms with Crippen LogP contribution < -0.4 is 16.0 Å². The molecule has 4 aromatic rings. The fraction of sp³-hybridized carbons (Fsp3) is 0.0435. The van der Waals surface area contributed by atoms with Gasteiger partial charge >= 0.3 is 0 Å². The zero-order valence-electron chi connectivity index (χ0n) is 16.6. The van der Waals surface area contributed by atoms with Crippen LogP contribution in [0.4, 0.5) is 23.1 Å². The number of oxazole rings is 1. The largest absolute Gasteiger partial charge is 0.423 e. The van der Waals surface area contributed by atoms with Crippen LogP contribution in [0.2, 0.25) is 0 Å². The van der Waals surface area contributed by atoms with Gasteiger partial charge in [0.2, 0.25) is 0 Å². The number of pyridine rings is 1. The number of rotatable bonds is 5. The molecule has 0 saturated carbocycles. The van der Waals surface area contributed by atoms with Gasteiger partial charge in [0.15, 0.2) is 10.9 Å². The molecule has 3 N–H and O–H groups in total. The van der Waals surface area contributed by atoms with E-state index in [1.54, 1.807) is 42.9 Å². The molecule has 0 aliphatic carbocycles. The zero-order valence-corrected chi connectivity index (χ0v) is 17.4. The maximum atomic E-state index is 8.89. The summed E-state index contributed by atoms with van der Waals surface area (Å²) in [5, 5.41) is 18.8. The van der Waals surface area contributed by atoms with E-state index < -0.39 is 0 Å². The summed E-state index contributed by atoms with van der Waals surface area (Å²) in [6.45, 7) is 1.99. The van der Waals surface area contributed by atoms with Crippen LogP contribution >= 0.6 is 12.2 Å². The minimum Gasteiger partial charge on any atom is -0.423 e. The van der Waals surface area contributed by atoms with Gasteiger partial charge in [-0.2, -0.15) is 5.26 Å². The quantitative estimate of drug-likeness (QED) is 0.361. The maximum Gasteiger partial charge on any atom is 0.299 e. The Labute approximate surface area is 184 Å². The molecule has 7 nitrogen and oxygen atoms in total. The van der Waals surface area contributed by atoms with Gasteiger partial charge in [0.05, 0.1) is 17.8 Å².